The summed E-state index contributed by atoms with van der Waals surface area (Å²) in [7, 11) is 1.84. The summed E-state index contributed by atoms with van der Waals surface area (Å²) in [6, 6.07) is 9.16. The number of aromatic nitrogens is 6. The van der Waals surface area contributed by atoms with Crippen molar-refractivity contribution in [2.45, 2.75) is 38.8 Å². The van der Waals surface area contributed by atoms with Gasteiger partial charge in [-0.05, 0) is 50.3 Å². The van der Waals surface area contributed by atoms with Gasteiger partial charge in [-0.1, -0.05) is 24.0 Å². The van der Waals surface area contributed by atoms with Gasteiger partial charge in [-0.2, -0.15) is 10.2 Å². The Morgan fingerprint density at radius 3 is 2.81 bits per heavy atom. The van der Waals surface area contributed by atoms with E-state index >= 15 is 0 Å². The quantitative estimate of drug-likeness (QED) is 0.389. The molecule has 1 atom stereocenters. The van der Waals surface area contributed by atoms with Crippen LogP contribution in [0, 0.1) is 18.8 Å². The predicted octanol–water partition coefficient (Wildman–Crippen LogP) is 3.31. The van der Waals surface area contributed by atoms with Crippen molar-refractivity contribution in [3.63, 3.8) is 0 Å². The van der Waals surface area contributed by atoms with Crippen LogP contribution in [0.15, 0.2) is 59.9 Å². The topological polar surface area (TPSA) is 99.1 Å². The third kappa shape index (κ3) is 4.06. The average molecular weight is 492 g/mol. The Kier molecular flexibility index (Phi) is 5.37. The second kappa shape index (κ2) is 8.75. The first-order chi connectivity index (χ1) is 17.9. The summed E-state index contributed by atoms with van der Waals surface area (Å²) >= 11 is 0. The third-order valence-corrected chi connectivity index (χ3v) is 6.66. The van der Waals surface area contributed by atoms with Crippen LogP contribution in [0.1, 0.15) is 64.7 Å². The second-order valence-electron chi connectivity index (χ2n) is 9.44. The van der Waals surface area contributed by atoms with Crippen molar-refractivity contribution in [1.29, 1.82) is 0 Å². The Balaban J connectivity index is 1.41. The molecule has 1 aliphatic rings. The van der Waals surface area contributed by atoms with Crippen LogP contribution in [0.5, 0.6) is 0 Å². The number of nitrogens with zero attached hydrogens (tertiary/aromatic N) is 6. The third-order valence-electron chi connectivity index (χ3n) is 6.66. The Labute approximate surface area is 212 Å². The van der Waals surface area contributed by atoms with Crippen LogP contribution < -0.4 is 10.9 Å². The first-order valence-corrected chi connectivity index (χ1v) is 12.2. The number of aryl methyl sites for hydroxylation is 2. The molecule has 9 heteroatoms. The van der Waals surface area contributed by atoms with Crippen LogP contribution in [-0.2, 0) is 7.05 Å². The van der Waals surface area contributed by atoms with Crippen molar-refractivity contribution >= 4 is 22.3 Å². The summed E-state index contributed by atoms with van der Waals surface area (Å²) in [6.45, 7) is 3.69. The van der Waals surface area contributed by atoms with Gasteiger partial charge in [-0.15, -0.1) is 0 Å². The number of fused-ring (bicyclic) bond motifs is 2. The standard InChI is InChI=1S/C28H25N7O2/c1-17(31-27(36)24-18(2)32-34-13-5-12-29-26(24)34)23-14-21-7-4-6-20(9-8-19-15-30-33(3)16-19)25(21)28(37)35(23)22-10-11-22/h4-7,12-17,22H,10-11H2,1-3H3,(H,31,36)/t17-/m0/s1. The van der Waals surface area contributed by atoms with E-state index in [-0.39, 0.29) is 17.5 Å². The number of rotatable bonds is 4. The van der Waals surface area contributed by atoms with Gasteiger partial charge in [0.1, 0.15) is 5.56 Å². The molecule has 9 nitrogen and oxygen atoms in total. The van der Waals surface area contributed by atoms with E-state index in [0.29, 0.717) is 27.9 Å². The highest BCUT2D eigenvalue weighted by molar-refractivity contribution is 6.01. The molecule has 0 unspecified atom stereocenters. The van der Waals surface area contributed by atoms with Crippen molar-refractivity contribution < 1.29 is 4.79 Å². The summed E-state index contributed by atoms with van der Waals surface area (Å²) in [5, 5.41) is 13.0. The van der Waals surface area contributed by atoms with Crippen molar-refractivity contribution in [3.8, 4) is 11.8 Å². The molecule has 5 aromatic rings. The van der Waals surface area contributed by atoms with Crippen molar-refractivity contribution in [2.75, 3.05) is 0 Å². The fourth-order valence-corrected chi connectivity index (χ4v) is 4.77. The summed E-state index contributed by atoms with van der Waals surface area (Å²) in [4.78, 5) is 31.5. The van der Waals surface area contributed by atoms with Crippen molar-refractivity contribution in [1.82, 2.24) is 34.3 Å². The lowest BCUT2D eigenvalue weighted by Gasteiger charge is -2.21. The highest BCUT2D eigenvalue weighted by Crippen LogP contribution is 2.37. The number of carbonyl (C=O) groups is 1. The SMILES string of the molecule is Cc1nn2cccnc2c1C(=O)N[C@@H](C)c1cc2cccc(C#Cc3cnn(C)c3)c2c(=O)n1C1CC1. The fourth-order valence-electron chi connectivity index (χ4n) is 4.77. The molecule has 1 aliphatic carbocycles. The van der Waals surface area contributed by atoms with Crippen LogP contribution in [0.25, 0.3) is 16.4 Å². The van der Waals surface area contributed by atoms with Crippen LogP contribution in [0.4, 0.5) is 0 Å². The van der Waals surface area contributed by atoms with E-state index in [9.17, 15) is 9.59 Å². The van der Waals surface area contributed by atoms with E-state index in [1.165, 1.54) is 0 Å². The number of pyridine rings is 1. The lowest BCUT2D eigenvalue weighted by Crippen LogP contribution is -2.32. The summed E-state index contributed by atoms with van der Waals surface area (Å²) in [5.74, 6) is 6.00. The van der Waals surface area contributed by atoms with Gasteiger partial charge in [0.2, 0.25) is 0 Å². The molecule has 0 aliphatic heterocycles. The normalized spacial score (nSPS) is 13.9. The molecule has 4 aromatic heterocycles. The number of nitrogens with one attached hydrogen (secondary N) is 1. The highest BCUT2D eigenvalue weighted by atomic mass is 16.2. The first kappa shape index (κ1) is 22.7. The molecule has 37 heavy (non-hydrogen) atoms. The molecule has 1 fully saturated rings. The minimum Gasteiger partial charge on any atom is -0.344 e. The Bertz CT molecular complexity index is 1810. The maximum atomic E-state index is 13.9. The van der Waals surface area contributed by atoms with E-state index in [2.05, 4.69) is 32.3 Å². The number of hydrogen-bond acceptors (Lipinski definition) is 5. The number of hydrogen-bond donors (Lipinski definition) is 1. The van der Waals surface area contributed by atoms with E-state index in [1.54, 1.807) is 40.8 Å². The van der Waals surface area contributed by atoms with Crippen LogP contribution >= 0.6 is 0 Å². The molecule has 4 heterocycles. The molecular formula is C28H25N7O2. The smallest absolute Gasteiger partial charge is 0.260 e. The monoisotopic (exact) mass is 491 g/mol. The first-order valence-electron chi connectivity index (χ1n) is 12.2. The zero-order valence-corrected chi connectivity index (χ0v) is 20.8. The van der Waals surface area contributed by atoms with Gasteiger partial charge in [0.15, 0.2) is 5.65 Å². The van der Waals surface area contributed by atoms with Gasteiger partial charge < -0.3 is 9.88 Å². The van der Waals surface area contributed by atoms with E-state index in [1.807, 2.05) is 49.0 Å². The molecule has 0 saturated heterocycles. The molecule has 0 bridgehead atoms. The summed E-state index contributed by atoms with van der Waals surface area (Å²) in [6.07, 6.45) is 8.80. The van der Waals surface area contributed by atoms with Gasteiger partial charge in [0, 0.05) is 42.9 Å². The Morgan fingerprint density at radius 1 is 1.22 bits per heavy atom. The van der Waals surface area contributed by atoms with Gasteiger partial charge in [-0.3, -0.25) is 14.3 Å². The van der Waals surface area contributed by atoms with Crippen LogP contribution in [-0.4, -0.2) is 34.9 Å². The van der Waals surface area contributed by atoms with Crippen LogP contribution in [0.2, 0.25) is 0 Å². The minimum atomic E-state index is -0.409. The Hall–Kier alpha value is -4.71. The minimum absolute atomic E-state index is 0.0824. The lowest BCUT2D eigenvalue weighted by molar-refractivity contribution is 0.0939. The summed E-state index contributed by atoms with van der Waals surface area (Å²) in [5.41, 5.74) is 3.68. The van der Waals surface area contributed by atoms with Gasteiger partial charge >= 0.3 is 0 Å². The van der Waals surface area contributed by atoms with Crippen LogP contribution in [0.3, 0.4) is 0 Å². The molecule has 0 radical (unpaired) electrons. The zero-order chi connectivity index (χ0) is 25.7. The van der Waals surface area contributed by atoms with E-state index in [0.717, 1.165) is 29.5 Å². The molecule has 1 N–H and O–H groups in total. The average Bonchev–Trinajstić information content (AvgIpc) is 3.53. The molecule has 1 amide bonds. The van der Waals surface area contributed by atoms with Crippen molar-refractivity contribution in [2.24, 2.45) is 7.05 Å². The maximum absolute atomic E-state index is 13.9. The second-order valence-corrected chi connectivity index (χ2v) is 9.44. The van der Waals surface area contributed by atoms with E-state index in [4.69, 9.17) is 0 Å². The molecule has 6 rings (SSSR count). The lowest BCUT2D eigenvalue weighted by atomic mass is 10.0. The number of carbonyl (C=O) groups excluding carboxylic acids is 1. The number of benzene rings is 1. The van der Waals surface area contributed by atoms with Gasteiger partial charge in [0.05, 0.1) is 28.9 Å². The molecule has 1 saturated carbocycles. The molecule has 184 valence electrons. The van der Waals surface area contributed by atoms with E-state index < -0.39 is 6.04 Å². The molecular weight excluding hydrogens is 466 g/mol. The molecule has 0 spiro atoms. The largest absolute Gasteiger partial charge is 0.344 e. The Morgan fingerprint density at radius 2 is 2.05 bits per heavy atom. The van der Waals surface area contributed by atoms with Gasteiger partial charge in [-0.25, -0.2) is 9.50 Å². The van der Waals surface area contributed by atoms with Crippen molar-refractivity contribution in [3.05, 3.63) is 93.6 Å². The van der Waals surface area contributed by atoms with Gasteiger partial charge in [0.25, 0.3) is 11.5 Å². The predicted molar refractivity (Wildman–Crippen MR) is 139 cm³/mol. The highest BCUT2D eigenvalue weighted by Gasteiger charge is 2.30. The maximum Gasteiger partial charge on any atom is 0.260 e. The zero-order valence-electron chi connectivity index (χ0n) is 20.8. The fraction of sp³-hybridized carbons (Fsp3) is 0.250. The number of amides is 1. The summed E-state index contributed by atoms with van der Waals surface area (Å²) < 4.78 is 5.13. The molecule has 1 aromatic carbocycles.